The second kappa shape index (κ2) is 7.73. The lowest BCUT2D eigenvalue weighted by molar-refractivity contribution is -0.148. The van der Waals surface area contributed by atoms with Crippen LogP contribution in [0.2, 0.25) is 0 Å². The number of carbonyl (C=O) groups is 3. The Balaban J connectivity index is 2.28. The number of nitrogens with one attached hydrogen (secondary N) is 1. The van der Waals surface area contributed by atoms with E-state index in [4.69, 9.17) is 5.21 Å². The Labute approximate surface area is 133 Å². The van der Waals surface area contributed by atoms with Crippen molar-refractivity contribution in [2.75, 3.05) is 11.4 Å². The number of amides is 2. The van der Waals surface area contributed by atoms with Crippen LogP contribution in [0, 0.1) is 11.8 Å². The summed E-state index contributed by atoms with van der Waals surface area (Å²) in [7, 11) is 0. The largest absolute Gasteiger partial charge is 0.481 e. The van der Waals surface area contributed by atoms with E-state index >= 15 is 0 Å². The van der Waals surface area contributed by atoms with Crippen LogP contribution >= 0.6 is 0 Å². The third kappa shape index (κ3) is 4.07. The molecule has 0 aromatic heterocycles. The molecule has 3 N–H and O–H groups in total. The quantitative estimate of drug-likeness (QED) is 0.562. The molecule has 0 saturated heterocycles. The van der Waals surface area contributed by atoms with Gasteiger partial charge in [0.15, 0.2) is 0 Å². The van der Waals surface area contributed by atoms with Crippen LogP contribution in [0.15, 0.2) is 30.3 Å². The summed E-state index contributed by atoms with van der Waals surface area (Å²) >= 11 is 0. The van der Waals surface area contributed by atoms with Crippen LogP contribution in [0.4, 0.5) is 5.69 Å². The Bertz CT molecular complexity index is 575. The predicted molar refractivity (Wildman–Crippen MR) is 81.8 cm³/mol. The number of carboxylic acid groups (broad SMARTS) is 1. The highest BCUT2D eigenvalue weighted by molar-refractivity contribution is 6.01. The van der Waals surface area contributed by atoms with Gasteiger partial charge in [0.05, 0.1) is 11.8 Å². The highest BCUT2D eigenvalue weighted by Crippen LogP contribution is 2.33. The molecule has 1 aliphatic rings. The molecule has 0 bridgehead atoms. The van der Waals surface area contributed by atoms with Gasteiger partial charge in [0, 0.05) is 5.69 Å². The summed E-state index contributed by atoms with van der Waals surface area (Å²) in [6.45, 7) is -0.359. The first-order valence-electron chi connectivity index (χ1n) is 7.56. The lowest BCUT2D eigenvalue weighted by Gasteiger charge is -2.32. The van der Waals surface area contributed by atoms with Crippen molar-refractivity contribution in [2.24, 2.45) is 11.8 Å². The normalized spacial score (nSPS) is 20.6. The Hall–Kier alpha value is -2.41. The van der Waals surface area contributed by atoms with Crippen molar-refractivity contribution in [1.29, 1.82) is 0 Å². The van der Waals surface area contributed by atoms with Gasteiger partial charge in [-0.15, -0.1) is 0 Å². The number of benzene rings is 1. The molecule has 7 nitrogen and oxygen atoms in total. The molecule has 7 heteroatoms. The van der Waals surface area contributed by atoms with Gasteiger partial charge in [-0.25, -0.2) is 5.48 Å². The van der Waals surface area contributed by atoms with E-state index in [0.717, 1.165) is 12.8 Å². The van der Waals surface area contributed by atoms with Crippen molar-refractivity contribution < 1.29 is 24.7 Å². The van der Waals surface area contributed by atoms with Crippen LogP contribution < -0.4 is 10.4 Å². The van der Waals surface area contributed by atoms with E-state index < -0.39 is 29.6 Å². The van der Waals surface area contributed by atoms with Gasteiger partial charge in [0.25, 0.3) is 5.91 Å². The summed E-state index contributed by atoms with van der Waals surface area (Å²) in [5.41, 5.74) is 2.00. The van der Waals surface area contributed by atoms with E-state index in [2.05, 4.69) is 0 Å². The minimum atomic E-state index is -0.984. The van der Waals surface area contributed by atoms with Crippen LogP contribution in [0.3, 0.4) is 0 Å². The summed E-state index contributed by atoms with van der Waals surface area (Å²) < 4.78 is 0. The summed E-state index contributed by atoms with van der Waals surface area (Å²) in [5, 5.41) is 18.1. The summed E-state index contributed by atoms with van der Waals surface area (Å²) in [4.78, 5) is 37.0. The van der Waals surface area contributed by atoms with Crippen LogP contribution in [-0.4, -0.2) is 34.6 Å². The van der Waals surface area contributed by atoms with Gasteiger partial charge in [0.2, 0.25) is 5.91 Å². The average molecular weight is 320 g/mol. The number of para-hydroxylation sites is 1. The zero-order valence-corrected chi connectivity index (χ0v) is 12.6. The van der Waals surface area contributed by atoms with E-state index in [1.54, 1.807) is 30.3 Å². The number of carbonyl (C=O) groups excluding carboxylic acids is 2. The van der Waals surface area contributed by atoms with Crippen molar-refractivity contribution >= 4 is 23.5 Å². The first-order chi connectivity index (χ1) is 11.0. The fraction of sp³-hybridized carbons (Fsp3) is 0.438. The molecule has 2 atom stereocenters. The lowest BCUT2D eigenvalue weighted by Crippen LogP contribution is -2.46. The SMILES string of the molecule is O=C(CN(C(=O)C1CCCCC1C(=O)O)c1ccccc1)NO. The second-order valence-corrected chi connectivity index (χ2v) is 5.63. The van der Waals surface area contributed by atoms with Gasteiger partial charge in [0.1, 0.15) is 6.54 Å². The van der Waals surface area contributed by atoms with E-state index in [0.29, 0.717) is 18.5 Å². The van der Waals surface area contributed by atoms with Crippen molar-refractivity contribution in [3.63, 3.8) is 0 Å². The first kappa shape index (κ1) is 17.0. The van der Waals surface area contributed by atoms with Gasteiger partial charge < -0.3 is 10.0 Å². The lowest BCUT2D eigenvalue weighted by atomic mass is 9.78. The zero-order chi connectivity index (χ0) is 16.8. The molecule has 23 heavy (non-hydrogen) atoms. The highest BCUT2D eigenvalue weighted by atomic mass is 16.5. The van der Waals surface area contributed by atoms with E-state index in [-0.39, 0.29) is 6.54 Å². The standard InChI is InChI=1S/C16H20N2O5/c19-14(17-23)10-18(11-6-2-1-3-7-11)15(20)12-8-4-5-9-13(12)16(21)22/h1-3,6-7,12-13,23H,4-5,8-10H2,(H,17,19)(H,21,22). The Morgan fingerprint density at radius 3 is 2.26 bits per heavy atom. The molecule has 1 aliphatic carbocycles. The molecular formula is C16H20N2O5. The molecule has 1 aromatic rings. The summed E-state index contributed by atoms with van der Waals surface area (Å²) in [6, 6.07) is 8.56. The first-order valence-corrected chi connectivity index (χ1v) is 7.56. The molecule has 0 radical (unpaired) electrons. The van der Waals surface area contributed by atoms with E-state index in [9.17, 15) is 19.5 Å². The maximum Gasteiger partial charge on any atom is 0.307 e. The molecule has 2 rings (SSSR count). The summed E-state index contributed by atoms with van der Waals surface area (Å²) in [5.74, 6) is -3.51. The molecule has 0 aliphatic heterocycles. The zero-order valence-electron chi connectivity index (χ0n) is 12.6. The Morgan fingerprint density at radius 1 is 1.09 bits per heavy atom. The molecule has 2 amide bonds. The Kier molecular flexibility index (Phi) is 5.70. The number of aliphatic carboxylic acids is 1. The highest BCUT2D eigenvalue weighted by Gasteiger charge is 2.38. The maximum absolute atomic E-state index is 12.9. The van der Waals surface area contributed by atoms with Gasteiger partial charge in [-0.2, -0.15) is 0 Å². The van der Waals surface area contributed by atoms with Gasteiger partial charge in [-0.05, 0) is 25.0 Å². The number of anilines is 1. The number of hydrogen-bond donors (Lipinski definition) is 3. The van der Waals surface area contributed by atoms with Crippen LogP contribution in [0.1, 0.15) is 25.7 Å². The minimum Gasteiger partial charge on any atom is -0.481 e. The smallest absolute Gasteiger partial charge is 0.307 e. The van der Waals surface area contributed by atoms with Gasteiger partial charge in [-0.1, -0.05) is 31.0 Å². The predicted octanol–water partition coefficient (Wildman–Crippen LogP) is 1.42. The van der Waals surface area contributed by atoms with E-state index in [1.807, 2.05) is 0 Å². The number of hydrogen-bond acceptors (Lipinski definition) is 4. The van der Waals surface area contributed by atoms with Crippen LogP contribution in [0.5, 0.6) is 0 Å². The van der Waals surface area contributed by atoms with Crippen LogP contribution in [-0.2, 0) is 14.4 Å². The van der Waals surface area contributed by atoms with Crippen molar-refractivity contribution in [3.05, 3.63) is 30.3 Å². The van der Waals surface area contributed by atoms with Crippen LogP contribution in [0.25, 0.3) is 0 Å². The number of hydroxylamine groups is 1. The number of rotatable bonds is 5. The number of nitrogens with zero attached hydrogens (tertiary/aromatic N) is 1. The molecule has 2 unspecified atom stereocenters. The van der Waals surface area contributed by atoms with Crippen molar-refractivity contribution in [3.8, 4) is 0 Å². The maximum atomic E-state index is 12.9. The van der Waals surface area contributed by atoms with E-state index in [1.165, 1.54) is 10.4 Å². The van der Waals surface area contributed by atoms with Crippen molar-refractivity contribution in [1.82, 2.24) is 5.48 Å². The summed E-state index contributed by atoms with van der Waals surface area (Å²) in [6.07, 6.45) is 2.51. The monoisotopic (exact) mass is 320 g/mol. The third-order valence-electron chi connectivity index (χ3n) is 4.16. The average Bonchev–Trinajstić information content (AvgIpc) is 2.59. The fourth-order valence-corrected chi connectivity index (χ4v) is 3.01. The second-order valence-electron chi connectivity index (χ2n) is 5.63. The fourth-order valence-electron chi connectivity index (χ4n) is 3.01. The van der Waals surface area contributed by atoms with Gasteiger partial charge >= 0.3 is 5.97 Å². The third-order valence-corrected chi connectivity index (χ3v) is 4.16. The molecule has 1 fully saturated rings. The molecule has 124 valence electrons. The molecular weight excluding hydrogens is 300 g/mol. The topological polar surface area (TPSA) is 107 Å². The molecule has 0 heterocycles. The minimum absolute atomic E-state index is 0.359. The molecule has 1 aromatic carbocycles. The number of carboxylic acids is 1. The van der Waals surface area contributed by atoms with Crippen molar-refractivity contribution in [2.45, 2.75) is 25.7 Å². The molecule has 1 saturated carbocycles. The molecule has 0 spiro atoms. The van der Waals surface area contributed by atoms with Gasteiger partial charge in [-0.3, -0.25) is 19.6 Å². The Morgan fingerprint density at radius 2 is 1.70 bits per heavy atom.